The topological polar surface area (TPSA) is 36.9 Å². The zero-order chi connectivity index (χ0) is 31.2. The van der Waals surface area contributed by atoms with Crippen LogP contribution >= 0.6 is 0 Å². The Kier molecular flexibility index (Phi) is 8.45. The minimum atomic E-state index is -2.08. The number of allylic oxidation sites excluding steroid dienone is 2. The first kappa shape index (κ1) is 33.8. The van der Waals surface area contributed by atoms with Gasteiger partial charge in [-0.15, -0.1) is 0 Å². The van der Waals surface area contributed by atoms with Crippen LogP contribution in [-0.2, 0) is 17.7 Å². The van der Waals surface area contributed by atoms with E-state index in [2.05, 4.69) is 111 Å². The molecule has 0 radical (unpaired) electrons. The maximum atomic E-state index is 18.9. The van der Waals surface area contributed by atoms with E-state index in [1.807, 2.05) is 0 Å². The predicted octanol–water partition coefficient (Wildman–Crippen LogP) is 9.66. The Balaban J connectivity index is 1.89. The molecule has 0 N–H and O–H groups in total. The van der Waals surface area contributed by atoms with E-state index in [-0.39, 0.29) is 29.0 Å². The summed E-state index contributed by atoms with van der Waals surface area (Å²) in [6.45, 7) is 33.9. The minimum absolute atomic E-state index is 0.103. The van der Waals surface area contributed by atoms with Gasteiger partial charge in [-0.2, -0.15) is 0 Å². The normalized spacial score (nSPS) is 41.7. The van der Waals surface area contributed by atoms with Gasteiger partial charge in [-0.1, -0.05) is 13.8 Å². The van der Waals surface area contributed by atoms with E-state index in [0.717, 1.165) is 24.2 Å². The van der Waals surface area contributed by atoms with E-state index in [1.54, 1.807) is 0 Å². The van der Waals surface area contributed by atoms with Gasteiger partial charge in [0.25, 0.3) is 0 Å². The van der Waals surface area contributed by atoms with Crippen LogP contribution in [0.25, 0.3) is 0 Å². The summed E-state index contributed by atoms with van der Waals surface area (Å²) in [6.07, 6.45) is 7.79. The molecule has 0 aliphatic heterocycles. The average Bonchev–Trinajstić information content (AvgIpc) is 2.96. The van der Waals surface area contributed by atoms with E-state index >= 15 is 4.39 Å². The van der Waals surface area contributed by atoms with E-state index in [0.29, 0.717) is 19.3 Å². The van der Waals surface area contributed by atoms with Crippen molar-refractivity contribution in [2.45, 2.75) is 155 Å². The third kappa shape index (κ3) is 6.25. The molecular formula is C32H61FO4Si4. The van der Waals surface area contributed by atoms with Gasteiger partial charge in [-0.05, 0) is 141 Å². The molecule has 0 spiro atoms. The molecule has 0 saturated heterocycles. The summed E-state index contributed by atoms with van der Waals surface area (Å²) >= 11 is 0. The number of hydrogen-bond donors (Lipinski definition) is 0. The third-order valence-corrected chi connectivity index (χ3v) is 14.2. The second kappa shape index (κ2) is 10.2. The lowest BCUT2D eigenvalue weighted by Crippen LogP contribution is -2.72. The predicted molar refractivity (Wildman–Crippen MR) is 180 cm³/mol. The van der Waals surface area contributed by atoms with Crippen molar-refractivity contribution in [2.24, 2.45) is 22.7 Å². The Morgan fingerprint density at radius 1 is 0.780 bits per heavy atom. The van der Waals surface area contributed by atoms with Gasteiger partial charge in [0.15, 0.2) is 25.0 Å². The van der Waals surface area contributed by atoms with Gasteiger partial charge >= 0.3 is 0 Å². The molecule has 0 aromatic carbocycles. The lowest BCUT2D eigenvalue weighted by Gasteiger charge is -2.66. The molecule has 4 unspecified atom stereocenters. The molecule has 3 fully saturated rings. The SMILES string of the molecule is CC12C[C@H](O[Si](C)(C)C)[C@@]3(F)C(C[C@@H](O[Si](C)(C)C)C4=CC(O[Si](C)(C)C)=CCC43C)C1CC[C@]2(C)O[Si](C)(C)C. The second-order valence-corrected chi connectivity index (χ2v) is 36.0. The van der Waals surface area contributed by atoms with Crippen molar-refractivity contribution < 1.29 is 22.1 Å². The average molecular weight is 641 g/mol. The van der Waals surface area contributed by atoms with E-state index in [4.69, 9.17) is 17.7 Å². The Hall–Kier alpha value is -0.0425. The van der Waals surface area contributed by atoms with Crippen LogP contribution < -0.4 is 0 Å². The molecule has 236 valence electrons. The molecule has 9 heteroatoms. The van der Waals surface area contributed by atoms with Crippen LogP contribution in [-0.4, -0.2) is 56.7 Å². The summed E-state index contributed by atoms with van der Waals surface area (Å²) in [5, 5.41) is 0. The van der Waals surface area contributed by atoms with E-state index in [9.17, 15) is 0 Å². The maximum absolute atomic E-state index is 18.9. The molecule has 4 aliphatic carbocycles. The fraction of sp³-hybridized carbons (Fsp3) is 0.875. The van der Waals surface area contributed by atoms with E-state index in [1.165, 1.54) is 0 Å². The maximum Gasteiger partial charge on any atom is 0.242 e. The van der Waals surface area contributed by atoms with Crippen molar-refractivity contribution in [3.05, 3.63) is 23.5 Å². The highest BCUT2D eigenvalue weighted by atomic mass is 28.4. The van der Waals surface area contributed by atoms with Gasteiger partial charge < -0.3 is 17.7 Å². The number of rotatable bonds is 8. The van der Waals surface area contributed by atoms with Crippen LogP contribution in [0.15, 0.2) is 23.5 Å². The van der Waals surface area contributed by atoms with Gasteiger partial charge in [0, 0.05) is 16.7 Å². The first-order valence-electron chi connectivity index (χ1n) is 16.1. The lowest BCUT2D eigenvalue weighted by atomic mass is 9.44. The second-order valence-electron chi connectivity index (χ2n) is 18.2. The molecule has 0 heterocycles. The van der Waals surface area contributed by atoms with Gasteiger partial charge in [-0.25, -0.2) is 4.39 Å². The Bertz CT molecular complexity index is 1080. The van der Waals surface area contributed by atoms with Crippen LogP contribution in [0.3, 0.4) is 0 Å². The molecule has 3 saturated carbocycles. The molecule has 0 bridgehead atoms. The molecule has 0 aromatic rings. The largest absolute Gasteiger partial charge is 0.545 e. The molecule has 41 heavy (non-hydrogen) atoms. The van der Waals surface area contributed by atoms with Crippen molar-refractivity contribution >= 4 is 33.3 Å². The third-order valence-electron chi connectivity index (χ3n) is 10.3. The molecular weight excluding hydrogens is 580 g/mol. The fourth-order valence-corrected chi connectivity index (χ4v) is 13.7. The molecule has 4 rings (SSSR count). The zero-order valence-electron chi connectivity index (χ0n) is 29.0. The molecule has 4 aliphatic rings. The van der Waals surface area contributed by atoms with Gasteiger partial charge in [0.05, 0.1) is 23.6 Å². The lowest BCUT2D eigenvalue weighted by molar-refractivity contribution is -0.224. The Labute approximate surface area is 255 Å². The quantitative estimate of drug-likeness (QED) is 0.248. The Morgan fingerprint density at radius 2 is 1.37 bits per heavy atom. The monoisotopic (exact) mass is 640 g/mol. The van der Waals surface area contributed by atoms with Crippen LogP contribution in [0.1, 0.15) is 52.9 Å². The standard InChI is InChI=1S/C32H61FO4Si4/c1-29-18-16-23(34-38(4,5)6)20-26(29)27(35-39(7,8)9)21-25-24-17-19-31(3,37-41(13,14)15)30(24,2)22-28(32(25,29)33)36-40(10,11)12/h16,20,24-25,27-28H,17-19,21-22H2,1-15H3/t24?,25?,27-,28+,29?,30?,31+,32+/m1/s1. The summed E-state index contributed by atoms with van der Waals surface area (Å²) in [5.41, 5.74) is -1.54. The molecule has 4 nitrogen and oxygen atoms in total. The van der Waals surface area contributed by atoms with Crippen molar-refractivity contribution in [3.63, 3.8) is 0 Å². The molecule has 0 amide bonds. The van der Waals surface area contributed by atoms with Crippen LogP contribution in [0.5, 0.6) is 0 Å². The first-order valence-corrected chi connectivity index (χ1v) is 29.7. The zero-order valence-corrected chi connectivity index (χ0v) is 33.0. The first-order chi connectivity index (χ1) is 18.2. The van der Waals surface area contributed by atoms with E-state index < -0.39 is 50.5 Å². The number of alkyl halides is 1. The van der Waals surface area contributed by atoms with Gasteiger partial charge in [0.2, 0.25) is 8.32 Å². The Morgan fingerprint density at radius 3 is 1.88 bits per heavy atom. The number of halogens is 1. The smallest absolute Gasteiger partial charge is 0.242 e. The van der Waals surface area contributed by atoms with Gasteiger partial charge in [0.1, 0.15) is 5.67 Å². The number of hydrogen-bond acceptors (Lipinski definition) is 4. The summed E-state index contributed by atoms with van der Waals surface area (Å²) < 4.78 is 46.5. The summed E-state index contributed by atoms with van der Waals surface area (Å²) in [6, 6.07) is 0. The molecule has 8 atom stereocenters. The highest BCUT2D eigenvalue weighted by Gasteiger charge is 2.75. The van der Waals surface area contributed by atoms with Gasteiger partial charge in [-0.3, -0.25) is 0 Å². The summed E-state index contributed by atoms with van der Waals surface area (Å²) in [7, 11) is -7.67. The van der Waals surface area contributed by atoms with Crippen LogP contribution in [0.4, 0.5) is 4.39 Å². The molecule has 0 aromatic heterocycles. The van der Waals surface area contributed by atoms with Crippen LogP contribution in [0.2, 0.25) is 78.6 Å². The van der Waals surface area contributed by atoms with Crippen molar-refractivity contribution in [2.75, 3.05) is 0 Å². The highest BCUT2D eigenvalue weighted by Crippen LogP contribution is 2.72. The summed E-state index contributed by atoms with van der Waals surface area (Å²) in [4.78, 5) is 0. The van der Waals surface area contributed by atoms with Crippen molar-refractivity contribution in [3.8, 4) is 0 Å². The van der Waals surface area contributed by atoms with Crippen molar-refractivity contribution in [1.82, 2.24) is 0 Å². The minimum Gasteiger partial charge on any atom is -0.545 e. The fourth-order valence-electron chi connectivity index (χ4n) is 8.94. The number of fused-ring (bicyclic) bond motifs is 5. The highest BCUT2D eigenvalue weighted by molar-refractivity contribution is 6.71. The van der Waals surface area contributed by atoms with Crippen LogP contribution in [0, 0.1) is 22.7 Å². The summed E-state index contributed by atoms with van der Waals surface area (Å²) in [5.74, 6) is 0.985. The van der Waals surface area contributed by atoms with Crippen molar-refractivity contribution in [1.29, 1.82) is 0 Å².